The van der Waals surface area contributed by atoms with Gasteiger partial charge in [0.15, 0.2) is 5.96 Å². The van der Waals surface area contributed by atoms with Crippen molar-refractivity contribution in [2.75, 3.05) is 39.9 Å². The molecule has 1 saturated heterocycles. The Balaban J connectivity index is 1.84. The van der Waals surface area contributed by atoms with Crippen LogP contribution in [0.25, 0.3) is 0 Å². The van der Waals surface area contributed by atoms with Gasteiger partial charge in [-0.3, -0.25) is 4.90 Å². The highest BCUT2D eigenvalue weighted by Gasteiger charge is 2.23. The van der Waals surface area contributed by atoms with Crippen LogP contribution in [0.15, 0.2) is 11.2 Å². The molecular weight excluding hydrogens is 322 g/mol. The average Bonchev–Trinajstić information content (AvgIpc) is 3.24. The molecule has 1 aliphatic heterocycles. The molecule has 1 unspecified atom stereocenters. The Morgan fingerprint density at radius 1 is 1.46 bits per heavy atom. The second-order valence-corrected chi connectivity index (χ2v) is 7.17. The summed E-state index contributed by atoms with van der Waals surface area (Å²) in [6, 6.07) is 0.565. The number of hydrogen-bond acceptors (Lipinski definition) is 5. The summed E-state index contributed by atoms with van der Waals surface area (Å²) in [7, 11) is 1.77. The number of nitrogens with one attached hydrogen (secondary N) is 2. The predicted octanol–water partition coefficient (Wildman–Crippen LogP) is 1.87. The summed E-state index contributed by atoms with van der Waals surface area (Å²) in [6.45, 7) is 9.65. The molecule has 136 valence electrons. The Hall–Kier alpha value is -1.18. The highest BCUT2D eigenvalue weighted by atomic mass is 32.1. The van der Waals surface area contributed by atoms with Gasteiger partial charge in [-0.25, -0.2) is 9.98 Å². The van der Waals surface area contributed by atoms with Crippen LogP contribution in [0.3, 0.4) is 0 Å². The van der Waals surface area contributed by atoms with Crippen LogP contribution in [0.2, 0.25) is 0 Å². The van der Waals surface area contributed by atoms with Crippen molar-refractivity contribution in [2.24, 2.45) is 4.99 Å². The molecule has 0 radical (unpaired) electrons. The molecule has 0 aromatic carbocycles. The monoisotopic (exact) mass is 353 g/mol. The molecule has 24 heavy (non-hydrogen) atoms. The van der Waals surface area contributed by atoms with E-state index in [1.165, 1.54) is 24.3 Å². The van der Waals surface area contributed by atoms with Crippen molar-refractivity contribution in [3.8, 4) is 0 Å². The molecule has 0 saturated carbocycles. The molecule has 1 fully saturated rings. The summed E-state index contributed by atoms with van der Waals surface area (Å²) in [5, 5.41) is 7.90. The summed E-state index contributed by atoms with van der Waals surface area (Å²) in [5.74, 6) is 0.879. The third kappa shape index (κ3) is 6.03. The van der Waals surface area contributed by atoms with Crippen molar-refractivity contribution in [1.82, 2.24) is 20.5 Å². The van der Waals surface area contributed by atoms with E-state index in [9.17, 15) is 0 Å². The Kier molecular flexibility index (Phi) is 8.49. The maximum Gasteiger partial charge on any atom is 0.191 e. The first-order chi connectivity index (χ1) is 11.8. The lowest BCUT2D eigenvalue weighted by Crippen LogP contribution is -2.45. The molecule has 1 aliphatic rings. The minimum absolute atomic E-state index is 0.565. The van der Waals surface area contributed by atoms with Gasteiger partial charge in [0, 0.05) is 43.9 Å². The van der Waals surface area contributed by atoms with Gasteiger partial charge >= 0.3 is 0 Å². The molecular formula is C17H31N5OS. The van der Waals surface area contributed by atoms with Crippen molar-refractivity contribution in [3.63, 3.8) is 0 Å². The van der Waals surface area contributed by atoms with Gasteiger partial charge < -0.3 is 15.4 Å². The van der Waals surface area contributed by atoms with Gasteiger partial charge in [-0.05, 0) is 32.7 Å². The van der Waals surface area contributed by atoms with Crippen molar-refractivity contribution in [3.05, 3.63) is 16.1 Å². The van der Waals surface area contributed by atoms with E-state index in [1.54, 1.807) is 18.4 Å². The van der Waals surface area contributed by atoms with E-state index >= 15 is 0 Å². The fourth-order valence-electron chi connectivity index (χ4n) is 2.92. The highest BCUT2D eigenvalue weighted by molar-refractivity contribution is 7.11. The lowest BCUT2D eigenvalue weighted by molar-refractivity contribution is 0.141. The fourth-order valence-corrected chi connectivity index (χ4v) is 3.70. The first-order valence-corrected chi connectivity index (χ1v) is 9.77. The Morgan fingerprint density at radius 3 is 3.04 bits per heavy atom. The zero-order valence-electron chi connectivity index (χ0n) is 15.2. The molecule has 0 spiro atoms. The summed E-state index contributed by atoms with van der Waals surface area (Å²) >= 11 is 1.75. The third-order valence-corrected chi connectivity index (χ3v) is 5.38. The second kappa shape index (κ2) is 10.6. The zero-order valence-corrected chi connectivity index (χ0v) is 16.0. The van der Waals surface area contributed by atoms with Crippen molar-refractivity contribution in [1.29, 1.82) is 0 Å². The Bertz CT molecular complexity index is 505. The number of aryl methyl sites for hydroxylation is 1. The minimum Gasteiger partial charge on any atom is -0.383 e. The van der Waals surface area contributed by atoms with E-state index < -0.39 is 0 Å². The van der Waals surface area contributed by atoms with Gasteiger partial charge in [-0.1, -0.05) is 6.92 Å². The van der Waals surface area contributed by atoms with E-state index in [1.807, 2.05) is 6.20 Å². The molecule has 7 heteroatoms. The van der Waals surface area contributed by atoms with Gasteiger partial charge in [-0.15, -0.1) is 11.3 Å². The molecule has 0 aliphatic carbocycles. The molecule has 1 aromatic rings. The number of aromatic nitrogens is 1. The van der Waals surface area contributed by atoms with E-state index in [2.05, 4.69) is 39.4 Å². The maximum absolute atomic E-state index is 5.21. The van der Waals surface area contributed by atoms with Crippen LogP contribution < -0.4 is 10.6 Å². The Morgan fingerprint density at radius 2 is 2.33 bits per heavy atom. The average molecular weight is 354 g/mol. The van der Waals surface area contributed by atoms with Crippen LogP contribution in [0.5, 0.6) is 0 Å². The number of aliphatic imine (C=N–C) groups is 1. The lowest BCUT2D eigenvalue weighted by Gasteiger charge is -2.25. The van der Waals surface area contributed by atoms with Gasteiger partial charge in [0.05, 0.1) is 13.2 Å². The van der Waals surface area contributed by atoms with Gasteiger partial charge in [0.2, 0.25) is 0 Å². The highest BCUT2D eigenvalue weighted by Crippen LogP contribution is 2.16. The van der Waals surface area contributed by atoms with Crippen LogP contribution >= 0.6 is 11.3 Å². The number of nitrogens with zero attached hydrogens (tertiary/aromatic N) is 3. The second-order valence-electron chi connectivity index (χ2n) is 5.97. The molecule has 6 nitrogen and oxygen atoms in total. The number of hydrogen-bond donors (Lipinski definition) is 2. The van der Waals surface area contributed by atoms with E-state index in [4.69, 9.17) is 4.74 Å². The maximum atomic E-state index is 5.21. The van der Waals surface area contributed by atoms with Crippen LogP contribution in [-0.4, -0.2) is 61.8 Å². The predicted molar refractivity (Wildman–Crippen MR) is 101 cm³/mol. The van der Waals surface area contributed by atoms with Gasteiger partial charge in [0.25, 0.3) is 0 Å². The summed E-state index contributed by atoms with van der Waals surface area (Å²) < 4.78 is 5.21. The molecule has 1 atom stereocenters. The van der Waals surface area contributed by atoms with Crippen LogP contribution in [0.4, 0.5) is 0 Å². The van der Waals surface area contributed by atoms with Crippen LogP contribution in [0, 0.1) is 0 Å². The number of ether oxygens (including phenoxy) is 1. The van der Waals surface area contributed by atoms with Crippen molar-refractivity contribution >= 4 is 17.3 Å². The van der Waals surface area contributed by atoms with Gasteiger partial charge in [-0.2, -0.15) is 0 Å². The topological polar surface area (TPSA) is 61.8 Å². The fraction of sp³-hybridized carbons (Fsp3) is 0.765. The number of likely N-dealkylation sites (tertiary alicyclic amines) is 1. The molecule has 0 amide bonds. The van der Waals surface area contributed by atoms with Crippen molar-refractivity contribution < 1.29 is 4.74 Å². The molecule has 2 rings (SSSR count). The quantitative estimate of drug-likeness (QED) is 0.524. The standard InChI is InChI=1S/C17H31N5OS/c1-4-15-12-19-16(24-15)13-21-17(18-5-2)20-11-14-7-6-8-22(14)9-10-23-3/h12,14H,4-11,13H2,1-3H3,(H2,18,20,21). The van der Waals surface area contributed by atoms with Crippen molar-refractivity contribution in [2.45, 2.75) is 45.7 Å². The largest absolute Gasteiger partial charge is 0.383 e. The Labute approximate surface area is 149 Å². The summed E-state index contributed by atoms with van der Waals surface area (Å²) in [4.78, 5) is 12.9. The number of rotatable bonds is 9. The molecule has 2 heterocycles. The third-order valence-electron chi connectivity index (χ3n) is 4.25. The van der Waals surface area contributed by atoms with Gasteiger partial charge in [0.1, 0.15) is 5.01 Å². The normalized spacial score (nSPS) is 19.0. The summed E-state index contributed by atoms with van der Waals surface area (Å²) in [5.41, 5.74) is 0. The zero-order chi connectivity index (χ0) is 17.2. The van der Waals surface area contributed by atoms with E-state index in [0.29, 0.717) is 12.6 Å². The number of methoxy groups -OCH3 is 1. The molecule has 1 aromatic heterocycles. The van der Waals surface area contributed by atoms with Crippen LogP contribution in [0.1, 0.15) is 36.6 Å². The smallest absolute Gasteiger partial charge is 0.191 e. The SMILES string of the molecule is CCNC(=NCc1ncc(CC)s1)NCC1CCCN1CCOC. The minimum atomic E-state index is 0.565. The lowest BCUT2D eigenvalue weighted by atomic mass is 10.2. The first-order valence-electron chi connectivity index (χ1n) is 8.95. The number of guanidine groups is 1. The molecule has 2 N–H and O–H groups in total. The number of thiazole rings is 1. The first kappa shape index (κ1) is 19.1. The van der Waals surface area contributed by atoms with E-state index in [0.717, 1.165) is 43.6 Å². The van der Waals surface area contributed by atoms with E-state index in [-0.39, 0.29) is 0 Å². The van der Waals surface area contributed by atoms with Crippen LogP contribution in [-0.2, 0) is 17.7 Å². The summed E-state index contributed by atoms with van der Waals surface area (Å²) in [6.07, 6.45) is 5.51. The molecule has 0 bridgehead atoms.